The minimum atomic E-state index is -2.23. The summed E-state index contributed by atoms with van der Waals surface area (Å²) in [5.74, 6) is 1.05. The van der Waals surface area contributed by atoms with Crippen molar-refractivity contribution in [3.05, 3.63) is 101 Å². The minimum Gasteiger partial charge on any atom is -0.257 e. The first kappa shape index (κ1) is 16.8. The summed E-state index contributed by atoms with van der Waals surface area (Å²) in [6.45, 7) is 3.57. The number of hydrogen-bond donors (Lipinski definition) is 0. The quantitative estimate of drug-likeness (QED) is 0.294. The molecule has 1 atom stereocenters. The van der Waals surface area contributed by atoms with Gasteiger partial charge in [0.25, 0.3) is 5.82 Å². The molecule has 1 unspecified atom stereocenters. The molecule has 0 bridgehead atoms. The van der Waals surface area contributed by atoms with Gasteiger partial charge in [0.15, 0.2) is 11.0 Å². The largest absolute Gasteiger partial charge is 0.295 e. The molecule has 0 saturated heterocycles. The van der Waals surface area contributed by atoms with E-state index in [4.69, 9.17) is 9.10 Å². The Hall–Kier alpha value is -3.72. The van der Waals surface area contributed by atoms with E-state index in [-0.39, 0.29) is 0 Å². The molecule has 1 aliphatic rings. The van der Waals surface area contributed by atoms with Gasteiger partial charge in [0.2, 0.25) is 0 Å². The standard InChI is InChI=1S/C30H28N3/c1-19-17-25-24(22-16-15-20(2)31-28(22)30(25,3)4)18-23(19)29-32(5)26-13-9-10-14-27(26)33(29)21-11-7-6-8-12-21/h6-18H,1-5H3/q+1/i3D3. The van der Waals surface area contributed by atoms with E-state index in [1.165, 1.54) is 0 Å². The maximum Gasteiger partial charge on any atom is 0.295 e. The van der Waals surface area contributed by atoms with Crippen LogP contribution < -0.4 is 4.57 Å². The van der Waals surface area contributed by atoms with Gasteiger partial charge in [-0.15, -0.1) is 0 Å². The van der Waals surface area contributed by atoms with Gasteiger partial charge in [-0.1, -0.05) is 56.2 Å². The molecule has 162 valence electrons. The summed E-state index contributed by atoms with van der Waals surface area (Å²) < 4.78 is 30.0. The molecule has 3 nitrogen and oxygen atoms in total. The number of imidazole rings is 1. The van der Waals surface area contributed by atoms with Gasteiger partial charge in [0, 0.05) is 20.8 Å². The Balaban J connectivity index is 1.71. The molecule has 5 aromatic rings. The number of para-hydroxylation sites is 3. The molecule has 6 rings (SSSR count). The maximum atomic E-state index is 8.48. The third kappa shape index (κ3) is 2.75. The molecule has 0 spiro atoms. The fourth-order valence-corrected chi connectivity index (χ4v) is 5.32. The van der Waals surface area contributed by atoms with Crippen molar-refractivity contribution < 1.29 is 8.68 Å². The lowest BCUT2D eigenvalue weighted by Gasteiger charge is -2.21. The van der Waals surface area contributed by atoms with E-state index in [1.807, 2.05) is 32.0 Å². The second kappa shape index (κ2) is 6.89. The van der Waals surface area contributed by atoms with Crippen LogP contribution in [0.25, 0.3) is 39.2 Å². The molecule has 3 heteroatoms. The van der Waals surface area contributed by atoms with Crippen molar-refractivity contribution in [3.8, 4) is 28.2 Å². The molecule has 1 aliphatic carbocycles. The van der Waals surface area contributed by atoms with Gasteiger partial charge < -0.3 is 0 Å². The number of hydrogen-bond acceptors (Lipinski definition) is 1. The summed E-state index contributed by atoms with van der Waals surface area (Å²) in [6, 6.07) is 27.0. The number of aryl methyl sites for hydroxylation is 3. The van der Waals surface area contributed by atoms with E-state index in [0.29, 0.717) is 5.69 Å². The van der Waals surface area contributed by atoms with Gasteiger partial charge >= 0.3 is 0 Å². The number of benzene rings is 3. The average molecular weight is 434 g/mol. The number of nitrogens with zero attached hydrogens (tertiary/aromatic N) is 3. The topological polar surface area (TPSA) is 21.7 Å². The molecule has 2 aromatic heterocycles. The van der Waals surface area contributed by atoms with Crippen molar-refractivity contribution in [1.29, 1.82) is 0 Å². The van der Waals surface area contributed by atoms with Gasteiger partial charge in [0.1, 0.15) is 5.69 Å². The van der Waals surface area contributed by atoms with E-state index in [1.54, 1.807) is 0 Å². The predicted molar refractivity (Wildman–Crippen MR) is 135 cm³/mol. The highest BCUT2D eigenvalue weighted by molar-refractivity contribution is 5.85. The molecule has 0 aliphatic heterocycles. The van der Waals surface area contributed by atoms with E-state index in [0.717, 1.165) is 56.1 Å². The summed E-state index contributed by atoms with van der Waals surface area (Å²) in [6.07, 6.45) is 0. The van der Waals surface area contributed by atoms with Gasteiger partial charge in [-0.25, -0.2) is 4.57 Å². The van der Waals surface area contributed by atoms with Crippen LogP contribution >= 0.6 is 0 Å². The Kier molecular flexibility index (Phi) is 3.52. The third-order valence-electron chi connectivity index (χ3n) is 6.97. The number of aromatic nitrogens is 3. The van der Waals surface area contributed by atoms with E-state index in [9.17, 15) is 0 Å². The molecule has 2 heterocycles. The summed E-state index contributed by atoms with van der Waals surface area (Å²) >= 11 is 0. The van der Waals surface area contributed by atoms with Gasteiger partial charge in [0.05, 0.1) is 18.3 Å². The summed E-state index contributed by atoms with van der Waals surface area (Å²) in [4.78, 5) is 4.77. The van der Waals surface area contributed by atoms with Crippen LogP contribution in [0.1, 0.15) is 40.4 Å². The van der Waals surface area contributed by atoms with Crippen LogP contribution in [0.15, 0.2) is 78.9 Å². The first-order valence-corrected chi connectivity index (χ1v) is 11.3. The van der Waals surface area contributed by atoms with Gasteiger partial charge in [-0.2, -0.15) is 4.57 Å². The minimum absolute atomic E-state index is 0.641. The van der Waals surface area contributed by atoms with Crippen LogP contribution in [-0.2, 0) is 12.5 Å². The molecule has 3 aromatic carbocycles. The molecular weight excluding hydrogens is 402 g/mol. The number of fused-ring (bicyclic) bond motifs is 4. The van der Waals surface area contributed by atoms with Gasteiger partial charge in [-0.05, 0) is 66.9 Å². The van der Waals surface area contributed by atoms with Crippen LogP contribution in [0.5, 0.6) is 0 Å². The van der Waals surface area contributed by atoms with Crippen molar-refractivity contribution in [2.24, 2.45) is 7.05 Å². The average Bonchev–Trinajstić information content (AvgIpc) is 3.28. The van der Waals surface area contributed by atoms with Crippen molar-refractivity contribution >= 4 is 11.0 Å². The lowest BCUT2D eigenvalue weighted by Crippen LogP contribution is -2.30. The lowest BCUT2D eigenvalue weighted by molar-refractivity contribution is -0.633. The smallest absolute Gasteiger partial charge is 0.257 e. The zero-order valence-corrected chi connectivity index (χ0v) is 19.3. The van der Waals surface area contributed by atoms with Crippen LogP contribution in [0.4, 0.5) is 0 Å². The zero-order valence-electron chi connectivity index (χ0n) is 22.3. The van der Waals surface area contributed by atoms with Crippen LogP contribution in [0, 0.1) is 13.8 Å². The van der Waals surface area contributed by atoms with Gasteiger partial charge in [-0.3, -0.25) is 4.98 Å². The second-order valence-electron chi connectivity index (χ2n) is 9.23. The lowest BCUT2D eigenvalue weighted by atomic mass is 9.84. The van der Waals surface area contributed by atoms with Crippen molar-refractivity contribution in [2.45, 2.75) is 33.0 Å². The normalized spacial score (nSPS) is 18.5. The highest BCUT2D eigenvalue weighted by Gasteiger charge is 2.38. The van der Waals surface area contributed by atoms with Crippen molar-refractivity contribution in [1.82, 2.24) is 9.55 Å². The van der Waals surface area contributed by atoms with Crippen LogP contribution in [0.2, 0.25) is 0 Å². The fraction of sp³-hybridized carbons (Fsp3) is 0.200. The second-order valence-corrected chi connectivity index (χ2v) is 9.23. The molecular formula is C30H28N3+. The van der Waals surface area contributed by atoms with E-state index >= 15 is 0 Å². The first-order valence-electron chi connectivity index (χ1n) is 12.8. The van der Waals surface area contributed by atoms with E-state index < -0.39 is 12.3 Å². The SMILES string of the molecule is [2H]C([2H])([2H])C1(C)c2cc(C)c(-c3n(-c4ccccc4)c4ccccc4[n+]3C)cc2-c2ccc(C)nc21. The summed E-state index contributed by atoms with van der Waals surface area (Å²) in [5, 5.41) is 0. The molecule has 33 heavy (non-hydrogen) atoms. The zero-order chi connectivity index (χ0) is 25.4. The Morgan fingerprint density at radius 2 is 1.64 bits per heavy atom. The molecule has 0 amide bonds. The Morgan fingerprint density at radius 3 is 2.42 bits per heavy atom. The Morgan fingerprint density at radius 1 is 0.879 bits per heavy atom. The van der Waals surface area contributed by atoms with Crippen molar-refractivity contribution in [3.63, 3.8) is 0 Å². The van der Waals surface area contributed by atoms with Crippen LogP contribution in [0.3, 0.4) is 0 Å². The van der Waals surface area contributed by atoms with Crippen molar-refractivity contribution in [2.75, 3.05) is 0 Å². The monoisotopic (exact) mass is 433 g/mol. The Labute approximate surface area is 199 Å². The van der Waals surface area contributed by atoms with Crippen LogP contribution in [-0.4, -0.2) is 9.55 Å². The summed E-state index contributed by atoms with van der Waals surface area (Å²) in [7, 11) is 2.09. The molecule has 0 radical (unpaired) electrons. The highest BCUT2D eigenvalue weighted by Crippen LogP contribution is 2.49. The highest BCUT2D eigenvalue weighted by atomic mass is 15.2. The van der Waals surface area contributed by atoms with E-state index in [2.05, 4.69) is 83.8 Å². The summed E-state index contributed by atoms with van der Waals surface area (Å²) in [5.41, 5.74) is 8.39. The molecule has 0 fully saturated rings. The maximum absolute atomic E-state index is 8.48. The Bertz CT molecular complexity index is 1670. The predicted octanol–water partition coefficient (Wildman–Crippen LogP) is 6.44. The fourth-order valence-electron chi connectivity index (χ4n) is 5.32. The molecule has 0 saturated carbocycles. The molecule has 0 N–H and O–H groups in total. The first-order chi connectivity index (χ1) is 17.1. The third-order valence-corrected chi connectivity index (χ3v) is 6.97. The number of rotatable bonds is 2. The number of pyridine rings is 1.